The number of pyridine rings is 1. The number of fused-ring (bicyclic) bond motifs is 5. The Morgan fingerprint density at radius 3 is 2.40 bits per heavy atom. The Morgan fingerprint density at radius 1 is 1.06 bits per heavy atom. The molecule has 4 aliphatic heterocycles. The Bertz CT molecular complexity index is 1900. The molecule has 2 aromatic heterocycles. The molecule has 2 bridgehead atoms. The molecule has 0 spiro atoms. The van der Waals surface area contributed by atoms with E-state index in [0.717, 1.165) is 13.3 Å². The maximum Gasteiger partial charge on any atom is 0.427 e. The minimum absolute atomic E-state index is 0.0110. The quantitative estimate of drug-likeness (QED) is 0.248. The van der Waals surface area contributed by atoms with E-state index < -0.39 is 117 Å². The summed E-state index contributed by atoms with van der Waals surface area (Å²) in [6, 6.07) is -2.80. The molecule has 3 aromatic rings. The molecule has 270 valence electrons. The van der Waals surface area contributed by atoms with Crippen LogP contribution in [0.5, 0.6) is 11.9 Å². The van der Waals surface area contributed by atoms with Gasteiger partial charge in [-0.1, -0.05) is 0 Å². The summed E-state index contributed by atoms with van der Waals surface area (Å²) < 4.78 is 160. The van der Waals surface area contributed by atoms with Crippen LogP contribution in [0.2, 0.25) is 0 Å². The Morgan fingerprint density at radius 2 is 1.78 bits per heavy atom. The van der Waals surface area contributed by atoms with Crippen molar-refractivity contribution < 1.29 is 53.4 Å². The van der Waals surface area contributed by atoms with Gasteiger partial charge in [-0.2, -0.15) is 36.3 Å². The highest BCUT2D eigenvalue weighted by Gasteiger charge is 2.72. The Balaban J connectivity index is 1.34. The Labute approximate surface area is 277 Å². The van der Waals surface area contributed by atoms with Crippen LogP contribution in [0.25, 0.3) is 22.2 Å². The van der Waals surface area contributed by atoms with Gasteiger partial charge < -0.3 is 30.3 Å². The molecule has 50 heavy (non-hydrogen) atoms. The lowest BCUT2D eigenvalue weighted by atomic mass is 9.96. The van der Waals surface area contributed by atoms with Crippen LogP contribution >= 0.6 is 0 Å². The molecule has 0 amide bonds. The van der Waals surface area contributed by atoms with E-state index in [2.05, 4.69) is 20.3 Å². The zero-order chi connectivity index (χ0) is 35.7. The number of halogens is 10. The number of nitrogen functional groups attached to an aromatic ring is 1. The number of hydrogen-bond donors (Lipinski definition) is 2. The van der Waals surface area contributed by atoms with Crippen LogP contribution in [0, 0.1) is 24.0 Å². The number of nitrogens with zero attached hydrogens (tertiary/aromatic N) is 5. The van der Waals surface area contributed by atoms with E-state index in [-0.39, 0.29) is 24.9 Å². The lowest BCUT2D eigenvalue weighted by molar-refractivity contribution is -0.203. The third kappa shape index (κ3) is 5.08. The van der Waals surface area contributed by atoms with E-state index in [0.29, 0.717) is 32.0 Å². The fraction of sp³-hybridized carbons (Fsp3) is 0.581. The predicted molar refractivity (Wildman–Crippen MR) is 157 cm³/mol. The van der Waals surface area contributed by atoms with Gasteiger partial charge in [-0.15, -0.1) is 0 Å². The van der Waals surface area contributed by atoms with Gasteiger partial charge in [0.15, 0.2) is 5.82 Å². The second-order valence-corrected chi connectivity index (χ2v) is 13.8. The summed E-state index contributed by atoms with van der Waals surface area (Å²) in [6.07, 6.45) is -11.9. The van der Waals surface area contributed by atoms with E-state index in [1.807, 2.05) is 4.90 Å². The Kier molecular flexibility index (Phi) is 7.20. The third-order valence-electron chi connectivity index (χ3n) is 10.6. The molecule has 3 saturated heterocycles. The van der Waals surface area contributed by atoms with E-state index >= 15 is 4.39 Å². The first kappa shape index (κ1) is 33.3. The van der Waals surface area contributed by atoms with Crippen molar-refractivity contribution in [3.05, 3.63) is 28.8 Å². The van der Waals surface area contributed by atoms with Crippen molar-refractivity contribution >= 4 is 22.4 Å². The van der Waals surface area contributed by atoms with Crippen LogP contribution in [0.3, 0.4) is 0 Å². The number of benzene rings is 1. The lowest BCUT2D eigenvalue weighted by Crippen LogP contribution is -2.66. The van der Waals surface area contributed by atoms with Crippen molar-refractivity contribution in [2.75, 3.05) is 43.4 Å². The number of aromatic nitrogens is 3. The number of alkyl halides is 8. The highest BCUT2D eigenvalue weighted by molar-refractivity contribution is 5.97. The van der Waals surface area contributed by atoms with E-state index in [1.165, 1.54) is 4.90 Å². The summed E-state index contributed by atoms with van der Waals surface area (Å²) in [6.45, 7) is 1.28. The number of piperazine rings is 1. The molecular weight excluding hydrogens is 692 g/mol. The van der Waals surface area contributed by atoms with Gasteiger partial charge >= 0.3 is 18.4 Å². The van der Waals surface area contributed by atoms with Crippen LogP contribution < -0.4 is 25.4 Å². The van der Waals surface area contributed by atoms with E-state index in [9.17, 15) is 39.5 Å². The standard InChI is InChI=1S/C31H29F10N7O2/c1-12-18(30(36,37)38)14(7-15(42)19(12)32)21-20(33)22-17-25(46-27(45-22)49-11-28(9-29(28,34)35)10-47-5-2-6-47)48-8-13-3-4-16(43-13)23(48)24(31(39,40)41)50-26(17)44-21/h7,13,16,23-24,43H,2-6,8-11,42H2,1H3/t13-,16+,23+,24-,28+/m1/s1. The summed E-state index contributed by atoms with van der Waals surface area (Å²) in [4.78, 5) is 15.3. The van der Waals surface area contributed by atoms with Crippen LogP contribution in [0.4, 0.5) is 55.4 Å². The average Bonchev–Trinajstić information content (AvgIpc) is 3.40. The molecule has 1 aromatic carbocycles. The van der Waals surface area contributed by atoms with Gasteiger partial charge in [0.2, 0.25) is 12.0 Å². The first-order chi connectivity index (χ1) is 23.4. The number of nitrogens with one attached hydrogen (secondary N) is 1. The topological polar surface area (TPSA) is 102 Å². The molecule has 0 unspecified atom stereocenters. The van der Waals surface area contributed by atoms with Gasteiger partial charge in [0.05, 0.1) is 22.7 Å². The van der Waals surface area contributed by atoms with Crippen molar-refractivity contribution in [2.24, 2.45) is 5.41 Å². The van der Waals surface area contributed by atoms with E-state index in [1.54, 1.807) is 0 Å². The molecule has 9 nitrogen and oxygen atoms in total. The monoisotopic (exact) mass is 721 g/mol. The van der Waals surface area contributed by atoms with Crippen molar-refractivity contribution in [2.45, 2.75) is 75.1 Å². The first-order valence-corrected chi connectivity index (χ1v) is 15.9. The fourth-order valence-electron chi connectivity index (χ4n) is 7.83. The van der Waals surface area contributed by atoms with Crippen molar-refractivity contribution in [1.82, 2.24) is 25.2 Å². The normalized spacial score (nSPS) is 28.6. The molecule has 4 fully saturated rings. The summed E-state index contributed by atoms with van der Waals surface area (Å²) in [5.41, 5.74) is -2.54. The SMILES string of the molecule is Cc1c(F)c(N)cc(-c2nc3c4c(nc(OC[C@@]5(CN6CCC6)CC5(F)F)nc4c2F)N2C[C@H]4CC[C@H](N4)[C@H]2[C@H](C(F)(F)F)O3)c1C(F)(F)F. The second-order valence-electron chi connectivity index (χ2n) is 13.8. The molecule has 5 aliphatic rings. The fourth-order valence-corrected chi connectivity index (χ4v) is 7.83. The maximum atomic E-state index is 16.7. The van der Waals surface area contributed by atoms with Crippen LogP contribution in [0.15, 0.2) is 6.07 Å². The van der Waals surface area contributed by atoms with Crippen molar-refractivity contribution in [3.63, 3.8) is 0 Å². The van der Waals surface area contributed by atoms with Crippen LogP contribution in [-0.2, 0) is 6.18 Å². The lowest BCUT2D eigenvalue weighted by Gasteiger charge is -2.43. The van der Waals surface area contributed by atoms with Gasteiger partial charge in [0.1, 0.15) is 34.8 Å². The van der Waals surface area contributed by atoms with Gasteiger partial charge in [-0.05, 0) is 50.9 Å². The number of likely N-dealkylation sites (tertiary alicyclic amines) is 1. The van der Waals surface area contributed by atoms with Crippen LogP contribution in [-0.4, -0.2) is 89.0 Å². The van der Waals surface area contributed by atoms with Gasteiger partial charge in [-0.25, -0.2) is 22.5 Å². The summed E-state index contributed by atoms with van der Waals surface area (Å²) in [7, 11) is 0. The van der Waals surface area contributed by atoms with E-state index in [4.69, 9.17) is 15.2 Å². The highest BCUT2D eigenvalue weighted by atomic mass is 19.4. The molecule has 6 heterocycles. The molecule has 19 heteroatoms. The molecule has 0 radical (unpaired) electrons. The Hall–Kier alpha value is -3.87. The molecule has 8 rings (SSSR count). The molecule has 1 aliphatic carbocycles. The third-order valence-corrected chi connectivity index (χ3v) is 10.6. The minimum atomic E-state index is -5.29. The smallest absolute Gasteiger partial charge is 0.427 e. The predicted octanol–water partition coefficient (Wildman–Crippen LogP) is 5.62. The van der Waals surface area contributed by atoms with Crippen LogP contribution in [0.1, 0.15) is 36.8 Å². The molecular formula is C31H29F10N7O2. The van der Waals surface area contributed by atoms with Gasteiger partial charge in [0, 0.05) is 37.2 Å². The summed E-state index contributed by atoms with van der Waals surface area (Å²) in [5, 5.41) is 2.64. The number of hydrogen-bond acceptors (Lipinski definition) is 9. The molecule has 3 N–H and O–H groups in total. The van der Waals surface area contributed by atoms with Gasteiger partial charge in [-0.3, -0.25) is 0 Å². The highest BCUT2D eigenvalue weighted by Crippen LogP contribution is 2.61. The minimum Gasteiger partial charge on any atom is -0.463 e. The first-order valence-electron chi connectivity index (χ1n) is 15.9. The second kappa shape index (κ2) is 10.8. The van der Waals surface area contributed by atoms with Crippen molar-refractivity contribution in [3.8, 4) is 23.1 Å². The number of ether oxygens (including phenoxy) is 2. The summed E-state index contributed by atoms with van der Waals surface area (Å²) in [5.74, 6) is -7.33. The zero-order valence-corrected chi connectivity index (χ0v) is 26.2. The van der Waals surface area contributed by atoms with Gasteiger partial charge in [0.25, 0.3) is 5.92 Å². The number of rotatable bonds is 6. The zero-order valence-electron chi connectivity index (χ0n) is 26.2. The molecule has 5 atom stereocenters. The number of nitrogens with two attached hydrogens (primary N) is 1. The maximum absolute atomic E-state index is 16.7. The number of anilines is 2. The summed E-state index contributed by atoms with van der Waals surface area (Å²) >= 11 is 0. The van der Waals surface area contributed by atoms with Crippen molar-refractivity contribution in [1.29, 1.82) is 0 Å². The average molecular weight is 722 g/mol. The molecule has 1 saturated carbocycles. The largest absolute Gasteiger partial charge is 0.463 e.